The molecule has 3 heteroatoms. The van der Waals surface area contributed by atoms with Crippen molar-refractivity contribution in [2.45, 2.75) is 6.42 Å². The second-order valence-corrected chi connectivity index (χ2v) is 2.72. The van der Waals surface area contributed by atoms with E-state index < -0.39 is 0 Å². The van der Waals surface area contributed by atoms with Crippen LogP contribution in [-0.2, 0) is 0 Å². The van der Waals surface area contributed by atoms with Gasteiger partial charge in [0.1, 0.15) is 11.4 Å². The van der Waals surface area contributed by atoms with Crippen molar-refractivity contribution in [3.05, 3.63) is 29.6 Å². The number of aldehydes is 1. The van der Waals surface area contributed by atoms with Crippen LogP contribution in [0.1, 0.15) is 22.6 Å². The van der Waals surface area contributed by atoms with Crippen LogP contribution >= 0.6 is 0 Å². The van der Waals surface area contributed by atoms with Gasteiger partial charge in [-0.3, -0.25) is 4.79 Å². The summed E-state index contributed by atoms with van der Waals surface area (Å²) in [5.41, 5.74) is 1.07. The van der Waals surface area contributed by atoms with E-state index in [-0.39, 0.29) is 0 Å². The van der Waals surface area contributed by atoms with Crippen molar-refractivity contribution in [3.63, 3.8) is 0 Å². The monoisotopic (exact) mass is 188 g/mol. The van der Waals surface area contributed by atoms with Crippen LogP contribution < -0.4 is 5.32 Å². The lowest BCUT2D eigenvalue weighted by Crippen LogP contribution is -2.05. The van der Waals surface area contributed by atoms with E-state index >= 15 is 0 Å². The SMILES string of the molecule is CNCCC#Cc1cccc(C=O)n1. The zero-order valence-electron chi connectivity index (χ0n) is 8.08. The lowest BCUT2D eigenvalue weighted by molar-refractivity contribution is 0.111. The molecule has 1 N–H and O–H groups in total. The predicted octanol–water partition coefficient (Wildman–Crippen LogP) is 0.855. The fraction of sp³-hybridized carbons (Fsp3) is 0.273. The number of pyridine rings is 1. The molecule has 1 aromatic heterocycles. The van der Waals surface area contributed by atoms with E-state index in [2.05, 4.69) is 22.1 Å². The smallest absolute Gasteiger partial charge is 0.168 e. The van der Waals surface area contributed by atoms with Crippen molar-refractivity contribution in [1.82, 2.24) is 10.3 Å². The highest BCUT2D eigenvalue weighted by Crippen LogP contribution is 1.95. The minimum atomic E-state index is 0.422. The maximum absolute atomic E-state index is 10.4. The Labute approximate surface area is 83.6 Å². The third kappa shape index (κ3) is 3.38. The first-order valence-corrected chi connectivity index (χ1v) is 4.42. The summed E-state index contributed by atoms with van der Waals surface area (Å²) in [5.74, 6) is 5.86. The van der Waals surface area contributed by atoms with E-state index in [4.69, 9.17) is 0 Å². The summed E-state index contributed by atoms with van der Waals surface area (Å²) in [4.78, 5) is 14.4. The van der Waals surface area contributed by atoms with Gasteiger partial charge in [0.2, 0.25) is 0 Å². The van der Waals surface area contributed by atoms with Crippen molar-refractivity contribution in [2.75, 3.05) is 13.6 Å². The largest absolute Gasteiger partial charge is 0.319 e. The molecule has 0 amide bonds. The van der Waals surface area contributed by atoms with Crippen molar-refractivity contribution in [2.24, 2.45) is 0 Å². The normalized spacial score (nSPS) is 8.93. The number of nitrogens with zero attached hydrogens (tertiary/aromatic N) is 1. The zero-order chi connectivity index (χ0) is 10.2. The van der Waals surface area contributed by atoms with Gasteiger partial charge >= 0.3 is 0 Å². The number of nitrogens with one attached hydrogen (secondary N) is 1. The Kier molecular flexibility index (Phi) is 4.39. The van der Waals surface area contributed by atoms with Gasteiger partial charge in [0, 0.05) is 13.0 Å². The molecule has 14 heavy (non-hydrogen) atoms. The average Bonchev–Trinajstić information content (AvgIpc) is 2.25. The summed E-state index contributed by atoms with van der Waals surface area (Å²) in [6.07, 6.45) is 1.50. The highest BCUT2D eigenvalue weighted by atomic mass is 16.1. The van der Waals surface area contributed by atoms with E-state index in [0.717, 1.165) is 19.3 Å². The fourth-order valence-electron chi connectivity index (χ4n) is 0.927. The number of carbonyl (C=O) groups is 1. The molecule has 0 aliphatic heterocycles. The van der Waals surface area contributed by atoms with E-state index in [1.54, 1.807) is 18.2 Å². The summed E-state index contributed by atoms with van der Waals surface area (Å²) in [7, 11) is 1.88. The first kappa shape index (κ1) is 10.4. The van der Waals surface area contributed by atoms with Crippen molar-refractivity contribution in [3.8, 4) is 11.8 Å². The average molecular weight is 188 g/mol. The summed E-state index contributed by atoms with van der Waals surface area (Å²) >= 11 is 0. The van der Waals surface area contributed by atoms with Crippen LogP contribution in [0.5, 0.6) is 0 Å². The van der Waals surface area contributed by atoms with Crippen molar-refractivity contribution < 1.29 is 4.79 Å². The van der Waals surface area contributed by atoms with Crippen molar-refractivity contribution >= 4 is 6.29 Å². The Balaban J connectivity index is 2.64. The number of hydrogen-bond acceptors (Lipinski definition) is 3. The fourth-order valence-corrected chi connectivity index (χ4v) is 0.927. The molecule has 72 valence electrons. The summed E-state index contributed by atoms with van der Waals surface area (Å²) in [6.45, 7) is 0.861. The maximum atomic E-state index is 10.4. The number of rotatable bonds is 3. The van der Waals surface area contributed by atoms with E-state index in [0.29, 0.717) is 11.4 Å². The number of hydrogen-bond donors (Lipinski definition) is 1. The molecule has 0 atom stereocenters. The lowest BCUT2D eigenvalue weighted by Gasteiger charge is -1.91. The molecule has 1 heterocycles. The van der Waals surface area contributed by atoms with Crippen LogP contribution in [0, 0.1) is 11.8 Å². The van der Waals surface area contributed by atoms with Crippen LogP contribution in [0.2, 0.25) is 0 Å². The molecule has 0 saturated carbocycles. The van der Waals surface area contributed by atoms with Crippen LogP contribution in [0.15, 0.2) is 18.2 Å². The standard InChI is InChI=1S/C11H12N2O/c1-12-8-3-2-5-10-6-4-7-11(9-14)13-10/h4,6-7,9,12H,3,8H2,1H3. The molecule has 0 radical (unpaired) electrons. The summed E-state index contributed by atoms with van der Waals surface area (Å²) in [5, 5.41) is 3.00. The van der Waals surface area contributed by atoms with Crippen LogP contribution in [0.4, 0.5) is 0 Å². The molecule has 0 aliphatic rings. The second kappa shape index (κ2) is 5.90. The van der Waals surface area contributed by atoms with Gasteiger partial charge < -0.3 is 5.32 Å². The predicted molar refractivity (Wildman–Crippen MR) is 55.0 cm³/mol. The van der Waals surface area contributed by atoms with Gasteiger partial charge in [-0.05, 0) is 25.1 Å². The van der Waals surface area contributed by atoms with Gasteiger partial charge in [-0.2, -0.15) is 0 Å². The Morgan fingerprint density at radius 2 is 2.43 bits per heavy atom. The zero-order valence-corrected chi connectivity index (χ0v) is 8.08. The van der Waals surface area contributed by atoms with Crippen LogP contribution in [-0.4, -0.2) is 24.9 Å². The second-order valence-electron chi connectivity index (χ2n) is 2.72. The lowest BCUT2D eigenvalue weighted by atomic mass is 10.3. The highest BCUT2D eigenvalue weighted by Gasteiger charge is 1.91. The quantitative estimate of drug-likeness (QED) is 0.434. The van der Waals surface area contributed by atoms with Gasteiger partial charge in [0.25, 0.3) is 0 Å². The highest BCUT2D eigenvalue weighted by molar-refractivity contribution is 5.71. The Hall–Kier alpha value is -1.66. The van der Waals surface area contributed by atoms with Gasteiger partial charge in [-0.15, -0.1) is 0 Å². The van der Waals surface area contributed by atoms with Gasteiger partial charge in [0.05, 0.1) is 0 Å². The molecule has 0 spiro atoms. The van der Waals surface area contributed by atoms with E-state index in [1.807, 2.05) is 7.05 Å². The molecule has 0 saturated heterocycles. The molecule has 0 aromatic carbocycles. The first-order chi connectivity index (χ1) is 6.86. The molecule has 0 aliphatic carbocycles. The third-order valence-electron chi connectivity index (χ3n) is 1.61. The molecule has 0 unspecified atom stereocenters. The minimum Gasteiger partial charge on any atom is -0.319 e. The van der Waals surface area contributed by atoms with Gasteiger partial charge in [0.15, 0.2) is 6.29 Å². The molecule has 3 nitrogen and oxygen atoms in total. The van der Waals surface area contributed by atoms with Crippen LogP contribution in [0.25, 0.3) is 0 Å². The van der Waals surface area contributed by atoms with Crippen LogP contribution in [0.3, 0.4) is 0 Å². The summed E-state index contributed by atoms with van der Waals surface area (Å²) < 4.78 is 0. The van der Waals surface area contributed by atoms with Gasteiger partial charge in [-0.25, -0.2) is 4.98 Å². The minimum absolute atomic E-state index is 0.422. The molecule has 0 bridgehead atoms. The first-order valence-electron chi connectivity index (χ1n) is 4.42. The molecular formula is C11H12N2O. The molecule has 0 fully saturated rings. The topological polar surface area (TPSA) is 42.0 Å². The number of carbonyl (C=O) groups excluding carboxylic acids is 1. The molecular weight excluding hydrogens is 176 g/mol. The Morgan fingerprint density at radius 3 is 3.14 bits per heavy atom. The Morgan fingerprint density at radius 1 is 1.57 bits per heavy atom. The van der Waals surface area contributed by atoms with E-state index in [1.165, 1.54) is 0 Å². The summed E-state index contributed by atoms with van der Waals surface area (Å²) in [6, 6.07) is 5.23. The third-order valence-corrected chi connectivity index (χ3v) is 1.61. The van der Waals surface area contributed by atoms with Gasteiger partial charge in [-0.1, -0.05) is 12.0 Å². The number of aromatic nitrogens is 1. The van der Waals surface area contributed by atoms with E-state index in [9.17, 15) is 4.79 Å². The molecule has 1 rings (SSSR count). The molecule has 1 aromatic rings. The van der Waals surface area contributed by atoms with Crippen molar-refractivity contribution in [1.29, 1.82) is 0 Å². The maximum Gasteiger partial charge on any atom is 0.168 e. The Bertz CT molecular complexity index is 363.